The molecular formula is C11H11F2NO4. The predicted octanol–water partition coefficient (Wildman–Crippen LogP) is 2.29. The Morgan fingerprint density at radius 1 is 1.50 bits per heavy atom. The third-order valence-electron chi connectivity index (χ3n) is 2.27. The lowest BCUT2D eigenvalue weighted by Gasteiger charge is -2.07. The van der Waals surface area contributed by atoms with Crippen molar-refractivity contribution in [2.45, 2.75) is 12.8 Å². The van der Waals surface area contributed by atoms with Gasteiger partial charge in [0.05, 0.1) is 4.92 Å². The molecule has 0 amide bonds. The van der Waals surface area contributed by atoms with E-state index in [-0.39, 0.29) is 24.4 Å². The van der Waals surface area contributed by atoms with Crippen molar-refractivity contribution in [3.63, 3.8) is 0 Å². The molecule has 0 aliphatic heterocycles. The molecule has 0 unspecified atom stereocenters. The van der Waals surface area contributed by atoms with Gasteiger partial charge >= 0.3 is 0 Å². The van der Waals surface area contributed by atoms with Crippen LogP contribution in [0.5, 0.6) is 0 Å². The van der Waals surface area contributed by atoms with Crippen LogP contribution in [0.15, 0.2) is 18.2 Å². The van der Waals surface area contributed by atoms with E-state index in [4.69, 9.17) is 0 Å². The summed E-state index contributed by atoms with van der Waals surface area (Å²) in [7, 11) is 1.32. The number of ketones is 1. The van der Waals surface area contributed by atoms with Crippen LogP contribution in [0.4, 0.5) is 14.5 Å². The van der Waals surface area contributed by atoms with Gasteiger partial charge in [-0.05, 0) is 5.56 Å². The van der Waals surface area contributed by atoms with E-state index in [2.05, 4.69) is 4.74 Å². The fraction of sp³-hybridized carbons (Fsp3) is 0.364. The van der Waals surface area contributed by atoms with Crippen molar-refractivity contribution in [2.75, 3.05) is 13.7 Å². The van der Waals surface area contributed by atoms with Crippen LogP contribution in [0, 0.1) is 10.1 Å². The summed E-state index contributed by atoms with van der Waals surface area (Å²) < 4.78 is 30.1. The molecule has 1 rings (SSSR count). The first-order chi connectivity index (χ1) is 8.45. The van der Waals surface area contributed by atoms with E-state index in [0.29, 0.717) is 0 Å². The first-order valence-corrected chi connectivity index (χ1v) is 5.01. The molecule has 0 spiro atoms. The standard InChI is InChI=1S/C11H11F2NO4/c1-18-6-9(15)4-7-2-3-8(14(16)17)5-10(7)11(12)13/h2-3,5,11H,4,6H2,1H3. The molecule has 7 heteroatoms. The number of carbonyl (C=O) groups is 1. The van der Waals surface area contributed by atoms with Crippen molar-refractivity contribution in [3.05, 3.63) is 39.4 Å². The molecule has 0 aliphatic rings. The summed E-state index contributed by atoms with van der Waals surface area (Å²) in [5, 5.41) is 10.5. The van der Waals surface area contributed by atoms with Crippen molar-refractivity contribution in [3.8, 4) is 0 Å². The molecule has 0 atom stereocenters. The Morgan fingerprint density at radius 2 is 2.17 bits per heavy atom. The summed E-state index contributed by atoms with van der Waals surface area (Å²) >= 11 is 0. The number of non-ortho nitro benzene ring substituents is 1. The van der Waals surface area contributed by atoms with Crippen LogP contribution in [-0.4, -0.2) is 24.4 Å². The summed E-state index contributed by atoms with van der Waals surface area (Å²) in [6, 6.07) is 3.06. The van der Waals surface area contributed by atoms with Crippen molar-refractivity contribution < 1.29 is 23.2 Å². The van der Waals surface area contributed by atoms with Crippen LogP contribution in [0.3, 0.4) is 0 Å². The largest absolute Gasteiger partial charge is 0.377 e. The molecule has 98 valence electrons. The maximum Gasteiger partial charge on any atom is 0.269 e. The molecule has 0 radical (unpaired) electrons. The van der Waals surface area contributed by atoms with Crippen LogP contribution in [0.25, 0.3) is 0 Å². The molecule has 0 N–H and O–H groups in total. The third kappa shape index (κ3) is 3.56. The average Bonchev–Trinajstić information content (AvgIpc) is 2.29. The predicted molar refractivity (Wildman–Crippen MR) is 58.6 cm³/mol. The second kappa shape index (κ2) is 6.15. The van der Waals surface area contributed by atoms with E-state index >= 15 is 0 Å². The lowest BCUT2D eigenvalue weighted by Crippen LogP contribution is -2.11. The topological polar surface area (TPSA) is 69.4 Å². The second-order valence-electron chi connectivity index (χ2n) is 3.59. The van der Waals surface area contributed by atoms with Crippen molar-refractivity contribution in [2.24, 2.45) is 0 Å². The molecule has 1 aromatic carbocycles. The number of nitrogens with zero attached hydrogens (tertiary/aromatic N) is 1. The minimum Gasteiger partial charge on any atom is -0.377 e. The summed E-state index contributed by atoms with van der Waals surface area (Å²) in [6.07, 6.45) is -3.10. The van der Waals surface area contributed by atoms with Gasteiger partial charge in [-0.25, -0.2) is 8.78 Å². The van der Waals surface area contributed by atoms with E-state index in [0.717, 1.165) is 12.1 Å². The number of nitro benzene ring substituents is 1. The number of hydrogen-bond acceptors (Lipinski definition) is 4. The van der Waals surface area contributed by atoms with Gasteiger partial charge in [0, 0.05) is 31.2 Å². The Balaban J connectivity index is 3.04. The van der Waals surface area contributed by atoms with Gasteiger partial charge in [0.25, 0.3) is 12.1 Å². The van der Waals surface area contributed by atoms with E-state index in [1.54, 1.807) is 0 Å². The van der Waals surface area contributed by atoms with Gasteiger partial charge in [-0.1, -0.05) is 6.07 Å². The van der Waals surface area contributed by atoms with Gasteiger partial charge in [0.1, 0.15) is 6.61 Å². The number of rotatable bonds is 6. The summed E-state index contributed by atoms with van der Waals surface area (Å²) in [5.41, 5.74) is -0.834. The Kier molecular flexibility index (Phi) is 4.85. The molecule has 5 nitrogen and oxygen atoms in total. The normalized spacial score (nSPS) is 10.7. The van der Waals surface area contributed by atoms with Gasteiger partial charge in [-0.3, -0.25) is 14.9 Å². The number of carbonyl (C=O) groups excluding carboxylic acids is 1. The van der Waals surface area contributed by atoms with Gasteiger partial charge in [0.2, 0.25) is 0 Å². The number of Topliss-reactive ketones (excluding diaryl/α,β-unsaturated/α-hetero) is 1. The number of methoxy groups -OCH3 is 1. The van der Waals surface area contributed by atoms with E-state index in [1.807, 2.05) is 0 Å². The first kappa shape index (κ1) is 14.2. The van der Waals surface area contributed by atoms with Gasteiger partial charge in [-0.2, -0.15) is 0 Å². The number of alkyl halides is 2. The fourth-order valence-corrected chi connectivity index (χ4v) is 1.48. The highest BCUT2D eigenvalue weighted by molar-refractivity contribution is 5.82. The van der Waals surface area contributed by atoms with Crippen LogP contribution in [0.1, 0.15) is 17.6 Å². The molecule has 18 heavy (non-hydrogen) atoms. The lowest BCUT2D eigenvalue weighted by atomic mass is 10.0. The monoisotopic (exact) mass is 259 g/mol. The van der Waals surface area contributed by atoms with Gasteiger partial charge < -0.3 is 4.74 Å². The summed E-state index contributed by atoms with van der Waals surface area (Å²) in [5.74, 6) is -0.367. The van der Waals surface area contributed by atoms with E-state index in [9.17, 15) is 23.7 Å². The van der Waals surface area contributed by atoms with Crippen LogP contribution >= 0.6 is 0 Å². The zero-order valence-corrected chi connectivity index (χ0v) is 9.56. The number of halogens is 2. The summed E-state index contributed by atoms with van der Waals surface area (Å²) in [6.45, 7) is -0.181. The Morgan fingerprint density at radius 3 is 2.67 bits per heavy atom. The zero-order chi connectivity index (χ0) is 13.7. The summed E-state index contributed by atoms with van der Waals surface area (Å²) in [4.78, 5) is 21.0. The molecule has 1 aromatic rings. The van der Waals surface area contributed by atoms with Crippen molar-refractivity contribution >= 4 is 11.5 Å². The highest BCUT2D eigenvalue weighted by Gasteiger charge is 2.19. The minimum atomic E-state index is -2.87. The zero-order valence-electron chi connectivity index (χ0n) is 9.56. The first-order valence-electron chi connectivity index (χ1n) is 5.01. The molecule has 0 saturated carbocycles. The van der Waals surface area contributed by atoms with Crippen molar-refractivity contribution in [1.29, 1.82) is 0 Å². The fourth-order valence-electron chi connectivity index (χ4n) is 1.48. The molecule has 0 saturated heterocycles. The highest BCUT2D eigenvalue weighted by atomic mass is 19.3. The average molecular weight is 259 g/mol. The van der Waals surface area contributed by atoms with E-state index in [1.165, 1.54) is 13.2 Å². The smallest absolute Gasteiger partial charge is 0.269 e. The van der Waals surface area contributed by atoms with Crippen LogP contribution < -0.4 is 0 Å². The van der Waals surface area contributed by atoms with Crippen molar-refractivity contribution in [1.82, 2.24) is 0 Å². The third-order valence-corrected chi connectivity index (χ3v) is 2.27. The van der Waals surface area contributed by atoms with Gasteiger partial charge in [0.15, 0.2) is 5.78 Å². The highest BCUT2D eigenvalue weighted by Crippen LogP contribution is 2.27. The number of nitro groups is 1. The molecule has 0 bridgehead atoms. The van der Waals surface area contributed by atoms with Crippen LogP contribution in [-0.2, 0) is 16.0 Å². The molecule has 0 aromatic heterocycles. The maximum absolute atomic E-state index is 12.7. The minimum absolute atomic E-state index is 0.0812. The number of ether oxygens (including phenoxy) is 1. The Hall–Kier alpha value is -1.89. The number of benzene rings is 1. The Bertz CT molecular complexity index is 462. The molecule has 0 fully saturated rings. The van der Waals surface area contributed by atoms with E-state index < -0.39 is 22.6 Å². The molecule has 0 heterocycles. The SMILES string of the molecule is COCC(=O)Cc1ccc([N+](=O)[O-])cc1C(F)F. The maximum atomic E-state index is 12.7. The van der Waals surface area contributed by atoms with Gasteiger partial charge in [-0.15, -0.1) is 0 Å². The molecule has 0 aliphatic carbocycles. The number of hydrogen-bond donors (Lipinski definition) is 0. The van der Waals surface area contributed by atoms with Crippen LogP contribution in [0.2, 0.25) is 0 Å². The second-order valence-corrected chi connectivity index (χ2v) is 3.59. The lowest BCUT2D eigenvalue weighted by molar-refractivity contribution is -0.385. The molecular weight excluding hydrogens is 248 g/mol. The quantitative estimate of drug-likeness (QED) is 0.580. The Labute approximate surface area is 102 Å².